The van der Waals surface area contributed by atoms with Crippen molar-refractivity contribution in [3.05, 3.63) is 101 Å². The molecule has 27 heavy (non-hydrogen) atoms. The summed E-state index contributed by atoms with van der Waals surface area (Å²) in [4.78, 5) is 0. The SMILES string of the molecule is O[C@H](CCl)c1ccc(OCc2ccccc2)c(COCc2ccccc2)c1. The average Bonchev–Trinajstić information content (AvgIpc) is 2.73. The van der Waals surface area contributed by atoms with Crippen LogP contribution in [0.1, 0.15) is 28.4 Å². The van der Waals surface area contributed by atoms with Gasteiger partial charge < -0.3 is 14.6 Å². The van der Waals surface area contributed by atoms with Crippen molar-refractivity contribution in [3.63, 3.8) is 0 Å². The summed E-state index contributed by atoms with van der Waals surface area (Å²) in [6.45, 7) is 1.38. The zero-order chi connectivity index (χ0) is 18.9. The van der Waals surface area contributed by atoms with E-state index in [4.69, 9.17) is 21.1 Å². The largest absolute Gasteiger partial charge is 0.489 e. The Morgan fingerprint density at radius 3 is 2.04 bits per heavy atom. The number of ether oxygens (including phenoxy) is 2. The van der Waals surface area contributed by atoms with Gasteiger partial charge in [0.25, 0.3) is 0 Å². The van der Waals surface area contributed by atoms with Crippen molar-refractivity contribution >= 4 is 11.6 Å². The molecule has 0 unspecified atom stereocenters. The molecular formula is C23H23ClO3. The Hall–Kier alpha value is -2.33. The predicted octanol–water partition coefficient (Wildman–Crippen LogP) is 5.25. The molecule has 0 saturated heterocycles. The third kappa shape index (κ3) is 5.83. The molecule has 1 N–H and O–H groups in total. The Labute approximate surface area is 165 Å². The number of aliphatic hydroxyl groups excluding tert-OH is 1. The summed E-state index contributed by atoms with van der Waals surface area (Å²) in [6, 6.07) is 25.6. The maximum Gasteiger partial charge on any atom is 0.125 e. The van der Waals surface area contributed by atoms with Crippen LogP contribution in [-0.2, 0) is 24.6 Å². The minimum Gasteiger partial charge on any atom is -0.489 e. The molecule has 0 aromatic heterocycles. The van der Waals surface area contributed by atoms with E-state index in [1.807, 2.05) is 78.9 Å². The van der Waals surface area contributed by atoms with Crippen LogP contribution in [0.25, 0.3) is 0 Å². The van der Waals surface area contributed by atoms with Crippen LogP contribution in [0.5, 0.6) is 5.75 Å². The van der Waals surface area contributed by atoms with Crippen molar-refractivity contribution in [2.24, 2.45) is 0 Å². The summed E-state index contributed by atoms with van der Waals surface area (Å²) in [5.74, 6) is 0.895. The zero-order valence-electron chi connectivity index (χ0n) is 15.1. The van der Waals surface area contributed by atoms with E-state index < -0.39 is 6.10 Å². The average molecular weight is 383 g/mol. The summed E-state index contributed by atoms with van der Waals surface area (Å²) in [5.41, 5.74) is 3.86. The summed E-state index contributed by atoms with van der Waals surface area (Å²) in [7, 11) is 0. The first-order valence-electron chi connectivity index (χ1n) is 8.91. The molecule has 4 heteroatoms. The predicted molar refractivity (Wildman–Crippen MR) is 108 cm³/mol. The van der Waals surface area contributed by atoms with Crippen LogP contribution >= 0.6 is 11.6 Å². The highest BCUT2D eigenvalue weighted by Gasteiger charge is 2.11. The summed E-state index contributed by atoms with van der Waals surface area (Å²) < 4.78 is 11.9. The molecule has 140 valence electrons. The van der Waals surface area contributed by atoms with Crippen LogP contribution in [0.4, 0.5) is 0 Å². The third-order valence-electron chi connectivity index (χ3n) is 4.22. The molecule has 1 atom stereocenters. The van der Waals surface area contributed by atoms with Crippen molar-refractivity contribution in [2.75, 3.05) is 5.88 Å². The number of alkyl halides is 1. The molecule has 0 aliphatic heterocycles. The fourth-order valence-electron chi connectivity index (χ4n) is 2.74. The molecule has 0 amide bonds. The lowest BCUT2D eigenvalue weighted by molar-refractivity contribution is 0.104. The molecule has 3 aromatic rings. The zero-order valence-corrected chi connectivity index (χ0v) is 15.8. The van der Waals surface area contributed by atoms with Gasteiger partial charge in [-0.3, -0.25) is 0 Å². The summed E-state index contributed by atoms with van der Waals surface area (Å²) in [5, 5.41) is 10.0. The fourth-order valence-corrected chi connectivity index (χ4v) is 2.92. The van der Waals surface area contributed by atoms with Crippen LogP contribution in [-0.4, -0.2) is 11.0 Å². The quantitative estimate of drug-likeness (QED) is 0.513. The molecule has 3 nitrogen and oxygen atoms in total. The Bertz CT molecular complexity index is 822. The van der Waals surface area contributed by atoms with E-state index in [9.17, 15) is 5.11 Å². The fraction of sp³-hybridized carbons (Fsp3) is 0.217. The lowest BCUT2D eigenvalue weighted by Crippen LogP contribution is -2.04. The first kappa shape index (κ1) is 19.4. The number of aliphatic hydroxyl groups is 1. The smallest absolute Gasteiger partial charge is 0.125 e. The number of hydrogen-bond acceptors (Lipinski definition) is 3. The lowest BCUT2D eigenvalue weighted by atomic mass is 10.1. The van der Waals surface area contributed by atoms with Gasteiger partial charge in [0.05, 0.1) is 25.2 Å². The number of benzene rings is 3. The molecular weight excluding hydrogens is 360 g/mol. The van der Waals surface area contributed by atoms with Gasteiger partial charge >= 0.3 is 0 Å². The van der Waals surface area contributed by atoms with E-state index >= 15 is 0 Å². The Morgan fingerprint density at radius 2 is 1.41 bits per heavy atom. The molecule has 0 aliphatic carbocycles. The second kappa shape index (κ2) is 10.1. The van der Waals surface area contributed by atoms with Gasteiger partial charge in [0.2, 0.25) is 0 Å². The van der Waals surface area contributed by atoms with Crippen LogP contribution in [0.3, 0.4) is 0 Å². The maximum atomic E-state index is 10.0. The molecule has 0 heterocycles. The van der Waals surface area contributed by atoms with Gasteiger partial charge in [0.1, 0.15) is 12.4 Å². The molecule has 0 aliphatic rings. The molecule has 0 radical (unpaired) electrons. The van der Waals surface area contributed by atoms with E-state index in [0.717, 1.165) is 28.0 Å². The lowest BCUT2D eigenvalue weighted by Gasteiger charge is -2.15. The van der Waals surface area contributed by atoms with Crippen molar-refractivity contribution in [1.29, 1.82) is 0 Å². The highest BCUT2D eigenvalue weighted by atomic mass is 35.5. The minimum atomic E-state index is -0.706. The Kier molecular flexibility index (Phi) is 7.28. The normalized spacial score (nSPS) is 11.9. The van der Waals surface area contributed by atoms with Gasteiger partial charge in [0.15, 0.2) is 0 Å². The van der Waals surface area contributed by atoms with Gasteiger partial charge in [-0.15, -0.1) is 11.6 Å². The van der Waals surface area contributed by atoms with Crippen molar-refractivity contribution in [3.8, 4) is 5.75 Å². The van der Waals surface area contributed by atoms with E-state index in [-0.39, 0.29) is 5.88 Å². The third-order valence-corrected chi connectivity index (χ3v) is 4.51. The van der Waals surface area contributed by atoms with Gasteiger partial charge in [0, 0.05) is 5.56 Å². The number of halogens is 1. The Morgan fingerprint density at radius 1 is 0.778 bits per heavy atom. The van der Waals surface area contributed by atoms with Gasteiger partial charge in [-0.25, -0.2) is 0 Å². The van der Waals surface area contributed by atoms with Gasteiger partial charge in [-0.05, 0) is 28.8 Å². The number of rotatable bonds is 9. The van der Waals surface area contributed by atoms with E-state index in [2.05, 4.69) is 0 Å². The van der Waals surface area contributed by atoms with E-state index in [1.54, 1.807) is 0 Å². The first-order valence-corrected chi connectivity index (χ1v) is 9.45. The van der Waals surface area contributed by atoms with Crippen LogP contribution in [0.2, 0.25) is 0 Å². The second-order valence-electron chi connectivity index (χ2n) is 6.29. The van der Waals surface area contributed by atoms with Crippen molar-refractivity contribution < 1.29 is 14.6 Å². The molecule has 0 fully saturated rings. The molecule has 3 rings (SSSR count). The number of hydrogen-bond donors (Lipinski definition) is 1. The maximum absolute atomic E-state index is 10.0. The van der Waals surface area contributed by atoms with Crippen LogP contribution in [0, 0.1) is 0 Å². The topological polar surface area (TPSA) is 38.7 Å². The Balaban J connectivity index is 1.70. The summed E-state index contributed by atoms with van der Waals surface area (Å²) in [6.07, 6.45) is -0.706. The minimum absolute atomic E-state index is 0.147. The van der Waals surface area contributed by atoms with Crippen LogP contribution < -0.4 is 4.74 Å². The van der Waals surface area contributed by atoms with Crippen molar-refractivity contribution in [2.45, 2.75) is 25.9 Å². The van der Waals surface area contributed by atoms with E-state index in [1.165, 1.54) is 0 Å². The highest BCUT2D eigenvalue weighted by molar-refractivity contribution is 6.18. The molecule has 0 bridgehead atoms. The van der Waals surface area contributed by atoms with Gasteiger partial charge in [-0.2, -0.15) is 0 Å². The van der Waals surface area contributed by atoms with E-state index in [0.29, 0.717) is 19.8 Å². The first-order chi connectivity index (χ1) is 13.3. The van der Waals surface area contributed by atoms with Gasteiger partial charge in [-0.1, -0.05) is 66.7 Å². The van der Waals surface area contributed by atoms with Crippen molar-refractivity contribution in [1.82, 2.24) is 0 Å². The summed E-state index contributed by atoms with van der Waals surface area (Å²) >= 11 is 5.79. The molecule has 3 aromatic carbocycles. The monoisotopic (exact) mass is 382 g/mol. The highest BCUT2D eigenvalue weighted by Crippen LogP contribution is 2.26. The standard InChI is InChI=1S/C23H23ClO3/c24-14-22(25)20-11-12-23(27-16-19-9-5-2-6-10-19)21(13-20)17-26-15-18-7-3-1-4-8-18/h1-13,22,25H,14-17H2/t22-/m1/s1. The molecule has 0 saturated carbocycles. The van der Waals surface area contributed by atoms with Crippen LogP contribution in [0.15, 0.2) is 78.9 Å². The molecule has 0 spiro atoms. The second-order valence-corrected chi connectivity index (χ2v) is 6.60.